The van der Waals surface area contributed by atoms with Crippen LogP contribution in [-0.2, 0) is 0 Å². The molecule has 1 N–H and O–H groups in total. The van der Waals surface area contributed by atoms with Gasteiger partial charge in [-0.2, -0.15) is 0 Å². The highest BCUT2D eigenvalue weighted by Crippen LogP contribution is 2.48. The molecule has 2 aromatic rings. The van der Waals surface area contributed by atoms with Crippen LogP contribution in [0.15, 0.2) is 36.4 Å². The van der Waals surface area contributed by atoms with E-state index in [1.54, 1.807) is 0 Å². The van der Waals surface area contributed by atoms with E-state index in [1.807, 2.05) is 0 Å². The van der Waals surface area contributed by atoms with E-state index >= 15 is 0 Å². The zero-order chi connectivity index (χ0) is 13.5. The van der Waals surface area contributed by atoms with E-state index in [0.717, 1.165) is 18.4 Å². The molecule has 1 saturated carbocycles. The summed E-state index contributed by atoms with van der Waals surface area (Å²) in [5.41, 5.74) is 2.44. The Bertz CT molecular complexity index is 594. The summed E-state index contributed by atoms with van der Waals surface area (Å²) in [5.74, 6) is 0. The second-order valence-electron chi connectivity index (χ2n) is 6.28. The molecule has 1 heteroatoms. The fourth-order valence-corrected chi connectivity index (χ4v) is 3.54. The standard InChI is InChI=1S/C18H22O/c1-13-9-10-16(15-8-4-3-7-14(13)15)17(19)18(2)11-5-6-12-18/h3-4,7-10,17,19H,5-6,11-12H2,1-2H3. The van der Waals surface area contributed by atoms with Crippen molar-refractivity contribution in [3.63, 3.8) is 0 Å². The average Bonchev–Trinajstić information content (AvgIpc) is 2.87. The van der Waals surface area contributed by atoms with Crippen molar-refractivity contribution >= 4 is 10.8 Å². The highest BCUT2D eigenvalue weighted by Gasteiger charge is 2.37. The monoisotopic (exact) mass is 254 g/mol. The summed E-state index contributed by atoms with van der Waals surface area (Å²) in [5, 5.41) is 13.3. The van der Waals surface area contributed by atoms with Gasteiger partial charge in [-0.3, -0.25) is 0 Å². The molecule has 3 rings (SSSR count). The molecule has 2 aromatic carbocycles. The van der Waals surface area contributed by atoms with Crippen molar-refractivity contribution < 1.29 is 5.11 Å². The second-order valence-corrected chi connectivity index (χ2v) is 6.28. The summed E-state index contributed by atoms with van der Waals surface area (Å²) in [6, 6.07) is 12.7. The normalized spacial score (nSPS) is 19.7. The predicted molar refractivity (Wildman–Crippen MR) is 80.2 cm³/mol. The van der Waals surface area contributed by atoms with Crippen LogP contribution in [0.2, 0.25) is 0 Å². The molecule has 19 heavy (non-hydrogen) atoms. The van der Waals surface area contributed by atoms with Gasteiger partial charge in [0.1, 0.15) is 0 Å². The number of benzene rings is 2. The van der Waals surface area contributed by atoms with Crippen LogP contribution in [0.4, 0.5) is 0 Å². The predicted octanol–water partition coefficient (Wildman–Crippen LogP) is 4.76. The van der Waals surface area contributed by atoms with E-state index in [4.69, 9.17) is 0 Å². The minimum atomic E-state index is -0.347. The first-order valence-electron chi connectivity index (χ1n) is 7.28. The largest absolute Gasteiger partial charge is 0.388 e. The first kappa shape index (κ1) is 12.7. The van der Waals surface area contributed by atoms with Crippen molar-refractivity contribution in [3.05, 3.63) is 47.5 Å². The van der Waals surface area contributed by atoms with E-state index < -0.39 is 0 Å². The number of aryl methyl sites for hydroxylation is 1. The van der Waals surface area contributed by atoms with Gasteiger partial charge in [-0.1, -0.05) is 56.2 Å². The fraction of sp³-hybridized carbons (Fsp3) is 0.444. The molecular weight excluding hydrogens is 232 g/mol. The zero-order valence-electron chi connectivity index (χ0n) is 11.8. The molecule has 1 fully saturated rings. The number of hydrogen-bond donors (Lipinski definition) is 1. The maximum absolute atomic E-state index is 10.9. The van der Waals surface area contributed by atoms with Gasteiger partial charge in [-0.25, -0.2) is 0 Å². The molecule has 0 aliphatic heterocycles. The summed E-state index contributed by atoms with van der Waals surface area (Å²) in [6.07, 6.45) is 4.42. The molecule has 1 aliphatic carbocycles. The van der Waals surface area contributed by atoms with E-state index in [0.29, 0.717) is 0 Å². The van der Waals surface area contributed by atoms with Gasteiger partial charge in [-0.05, 0) is 47.1 Å². The molecule has 1 nitrogen and oxygen atoms in total. The Morgan fingerprint density at radius 1 is 1.00 bits per heavy atom. The van der Waals surface area contributed by atoms with Crippen LogP contribution in [0.3, 0.4) is 0 Å². The van der Waals surface area contributed by atoms with Crippen molar-refractivity contribution in [1.29, 1.82) is 0 Å². The van der Waals surface area contributed by atoms with Gasteiger partial charge in [0.15, 0.2) is 0 Å². The smallest absolute Gasteiger partial charge is 0.0849 e. The van der Waals surface area contributed by atoms with E-state index in [1.165, 1.54) is 29.2 Å². The van der Waals surface area contributed by atoms with Crippen molar-refractivity contribution in [2.75, 3.05) is 0 Å². The fourth-order valence-electron chi connectivity index (χ4n) is 3.54. The molecule has 0 heterocycles. The molecule has 1 aliphatic rings. The Morgan fingerprint density at radius 2 is 1.63 bits per heavy atom. The molecular formula is C18H22O. The quantitative estimate of drug-likeness (QED) is 0.819. The van der Waals surface area contributed by atoms with Gasteiger partial charge in [0.2, 0.25) is 0 Å². The highest BCUT2D eigenvalue weighted by molar-refractivity contribution is 5.88. The Kier molecular flexibility index (Phi) is 3.10. The Balaban J connectivity index is 2.12. The maximum atomic E-state index is 10.9. The lowest BCUT2D eigenvalue weighted by molar-refractivity contribution is 0.0420. The van der Waals surface area contributed by atoms with Gasteiger partial charge in [0.25, 0.3) is 0 Å². The van der Waals surface area contributed by atoms with Crippen LogP contribution in [0.1, 0.15) is 49.8 Å². The topological polar surface area (TPSA) is 20.2 Å². The summed E-state index contributed by atoms with van der Waals surface area (Å²) in [6.45, 7) is 4.37. The summed E-state index contributed by atoms with van der Waals surface area (Å²) < 4.78 is 0. The van der Waals surface area contributed by atoms with Gasteiger partial charge in [0.05, 0.1) is 6.10 Å². The number of rotatable bonds is 2. The number of hydrogen-bond acceptors (Lipinski definition) is 1. The van der Waals surface area contributed by atoms with Crippen LogP contribution in [-0.4, -0.2) is 5.11 Å². The highest BCUT2D eigenvalue weighted by atomic mass is 16.3. The average molecular weight is 254 g/mol. The molecule has 1 unspecified atom stereocenters. The van der Waals surface area contributed by atoms with Crippen LogP contribution in [0.5, 0.6) is 0 Å². The van der Waals surface area contributed by atoms with Crippen LogP contribution >= 0.6 is 0 Å². The number of fused-ring (bicyclic) bond motifs is 1. The molecule has 100 valence electrons. The lowest BCUT2D eigenvalue weighted by Crippen LogP contribution is -2.22. The van der Waals surface area contributed by atoms with Gasteiger partial charge in [0, 0.05) is 0 Å². The van der Waals surface area contributed by atoms with Crippen LogP contribution in [0.25, 0.3) is 10.8 Å². The third kappa shape index (κ3) is 2.06. The lowest BCUT2D eigenvalue weighted by atomic mass is 9.78. The molecule has 0 bridgehead atoms. The summed E-state index contributed by atoms with van der Waals surface area (Å²) in [4.78, 5) is 0. The Morgan fingerprint density at radius 3 is 2.32 bits per heavy atom. The van der Waals surface area contributed by atoms with Gasteiger partial charge < -0.3 is 5.11 Å². The molecule has 0 spiro atoms. The lowest BCUT2D eigenvalue weighted by Gasteiger charge is -2.31. The van der Waals surface area contributed by atoms with Crippen molar-refractivity contribution in [2.24, 2.45) is 5.41 Å². The van der Waals surface area contributed by atoms with Crippen LogP contribution < -0.4 is 0 Å². The number of aliphatic hydroxyl groups is 1. The summed E-state index contributed by atoms with van der Waals surface area (Å²) in [7, 11) is 0. The minimum absolute atomic E-state index is 0.0536. The molecule has 0 aromatic heterocycles. The van der Waals surface area contributed by atoms with Crippen molar-refractivity contribution in [2.45, 2.75) is 45.6 Å². The van der Waals surface area contributed by atoms with Gasteiger partial charge >= 0.3 is 0 Å². The third-order valence-electron chi connectivity index (χ3n) is 4.88. The first-order valence-corrected chi connectivity index (χ1v) is 7.28. The van der Waals surface area contributed by atoms with E-state index in [9.17, 15) is 5.11 Å². The third-order valence-corrected chi connectivity index (χ3v) is 4.88. The Labute approximate surface area is 115 Å². The van der Waals surface area contributed by atoms with Gasteiger partial charge in [-0.15, -0.1) is 0 Å². The second kappa shape index (κ2) is 4.64. The summed E-state index contributed by atoms with van der Waals surface area (Å²) >= 11 is 0. The van der Waals surface area contributed by atoms with E-state index in [2.05, 4.69) is 50.2 Å². The number of aliphatic hydroxyl groups excluding tert-OH is 1. The SMILES string of the molecule is Cc1ccc(C(O)C2(C)CCCC2)c2ccccc12. The van der Waals surface area contributed by atoms with Crippen molar-refractivity contribution in [3.8, 4) is 0 Å². The van der Waals surface area contributed by atoms with E-state index in [-0.39, 0.29) is 11.5 Å². The van der Waals surface area contributed by atoms with Crippen molar-refractivity contribution in [1.82, 2.24) is 0 Å². The maximum Gasteiger partial charge on any atom is 0.0849 e. The first-order chi connectivity index (χ1) is 9.12. The molecule has 0 radical (unpaired) electrons. The Hall–Kier alpha value is -1.34. The molecule has 0 amide bonds. The molecule has 1 atom stereocenters. The zero-order valence-corrected chi connectivity index (χ0v) is 11.8. The minimum Gasteiger partial charge on any atom is -0.388 e. The van der Waals surface area contributed by atoms with Crippen LogP contribution in [0, 0.1) is 12.3 Å². The molecule has 0 saturated heterocycles.